The molecular formula is C19H16NOS+. The number of aryl methyl sites for hydroxylation is 2. The van der Waals surface area contributed by atoms with Gasteiger partial charge in [-0.3, -0.25) is 0 Å². The van der Waals surface area contributed by atoms with Gasteiger partial charge >= 0.3 is 0 Å². The molecule has 0 fully saturated rings. The van der Waals surface area contributed by atoms with Gasteiger partial charge in [-0.1, -0.05) is 23.9 Å². The SMILES string of the molecule is Cc1cc2c(cc1-c1cccc[n+]1C)Oc1ccccc1S2. The maximum atomic E-state index is 6.10. The summed E-state index contributed by atoms with van der Waals surface area (Å²) < 4.78 is 8.24. The fourth-order valence-electron chi connectivity index (χ4n) is 2.76. The number of hydrogen-bond acceptors (Lipinski definition) is 2. The largest absolute Gasteiger partial charge is 0.455 e. The number of hydrogen-bond donors (Lipinski definition) is 0. The number of ether oxygens (including phenoxy) is 1. The van der Waals surface area contributed by atoms with E-state index in [-0.39, 0.29) is 0 Å². The van der Waals surface area contributed by atoms with Crippen LogP contribution in [0.3, 0.4) is 0 Å². The van der Waals surface area contributed by atoms with E-state index in [2.05, 4.69) is 55.1 Å². The first-order valence-corrected chi connectivity index (χ1v) is 8.08. The minimum absolute atomic E-state index is 0.937. The van der Waals surface area contributed by atoms with Crippen LogP contribution in [0.25, 0.3) is 11.3 Å². The number of rotatable bonds is 1. The van der Waals surface area contributed by atoms with Crippen LogP contribution in [0.2, 0.25) is 0 Å². The smallest absolute Gasteiger partial charge is 0.212 e. The van der Waals surface area contributed by atoms with E-state index in [9.17, 15) is 0 Å². The summed E-state index contributed by atoms with van der Waals surface area (Å²) in [7, 11) is 2.07. The minimum atomic E-state index is 0.937. The van der Waals surface area contributed by atoms with Crippen molar-refractivity contribution < 1.29 is 9.30 Å². The van der Waals surface area contributed by atoms with E-state index in [1.165, 1.54) is 26.6 Å². The zero-order chi connectivity index (χ0) is 15.1. The molecule has 0 radical (unpaired) electrons. The second-order valence-electron chi connectivity index (χ2n) is 5.46. The quantitative estimate of drug-likeness (QED) is 0.471. The van der Waals surface area contributed by atoms with Crippen molar-refractivity contribution in [1.82, 2.24) is 0 Å². The highest BCUT2D eigenvalue weighted by molar-refractivity contribution is 7.99. The fourth-order valence-corrected chi connectivity index (χ4v) is 3.79. The van der Waals surface area contributed by atoms with E-state index in [4.69, 9.17) is 4.74 Å². The van der Waals surface area contributed by atoms with Gasteiger partial charge < -0.3 is 4.74 Å². The summed E-state index contributed by atoms with van der Waals surface area (Å²) in [5.74, 6) is 1.88. The first kappa shape index (κ1) is 13.4. The lowest BCUT2D eigenvalue weighted by molar-refractivity contribution is -0.660. The highest BCUT2D eigenvalue weighted by atomic mass is 32.2. The molecule has 0 atom stereocenters. The third-order valence-corrected chi connectivity index (χ3v) is 5.01. The van der Waals surface area contributed by atoms with Gasteiger partial charge in [0.2, 0.25) is 5.69 Å². The van der Waals surface area contributed by atoms with Crippen LogP contribution >= 0.6 is 11.8 Å². The molecule has 22 heavy (non-hydrogen) atoms. The van der Waals surface area contributed by atoms with Crippen LogP contribution < -0.4 is 9.30 Å². The van der Waals surface area contributed by atoms with Crippen LogP contribution in [0.15, 0.2) is 70.6 Å². The molecule has 0 unspecified atom stereocenters. The van der Waals surface area contributed by atoms with Crippen LogP contribution in [0.4, 0.5) is 0 Å². The highest BCUT2D eigenvalue weighted by Gasteiger charge is 2.21. The Labute approximate surface area is 134 Å². The molecule has 0 amide bonds. The third-order valence-electron chi connectivity index (χ3n) is 3.91. The van der Waals surface area contributed by atoms with Crippen molar-refractivity contribution in [2.75, 3.05) is 0 Å². The first-order valence-electron chi connectivity index (χ1n) is 7.27. The summed E-state index contributed by atoms with van der Waals surface area (Å²) in [4.78, 5) is 2.35. The summed E-state index contributed by atoms with van der Waals surface area (Å²) >= 11 is 1.77. The normalized spacial score (nSPS) is 12.3. The average molecular weight is 306 g/mol. The summed E-state index contributed by atoms with van der Waals surface area (Å²) in [5.41, 5.74) is 3.66. The number of nitrogens with zero attached hydrogens (tertiary/aromatic N) is 1. The van der Waals surface area contributed by atoms with Crippen molar-refractivity contribution in [3.63, 3.8) is 0 Å². The van der Waals surface area contributed by atoms with Gasteiger partial charge in [-0.15, -0.1) is 0 Å². The Balaban J connectivity index is 1.84. The van der Waals surface area contributed by atoms with E-state index >= 15 is 0 Å². The molecule has 0 N–H and O–H groups in total. The van der Waals surface area contributed by atoms with Gasteiger partial charge in [0.25, 0.3) is 0 Å². The lowest BCUT2D eigenvalue weighted by Gasteiger charge is -2.20. The molecule has 3 aromatic rings. The van der Waals surface area contributed by atoms with E-state index < -0.39 is 0 Å². The van der Waals surface area contributed by atoms with Gasteiger partial charge in [-0.2, -0.15) is 0 Å². The van der Waals surface area contributed by atoms with Crippen molar-refractivity contribution >= 4 is 11.8 Å². The number of benzene rings is 2. The second kappa shape index (κ2) is 5.18. The molecule has 1 aliphatic rings. The molecule has 2 aromatic carbocycles. The monoisotopic (exact) mass is 306 g/mol. The maximum absolute atomic E-state index is 6.10. The summed E-state index contributed by atoms with van der Waals surface area (Å²) in [6, 6.07) is 18.8. The molecular weight excluding hydrogens is 290 g/mol. The molecule has 0 bridgehead atoms. The number of para-hydroxylation sites is 1. The van der Waals surface area contributed by atoms with Crippen molar-refractivity contribution in [3.05, 3.63) is 66.4 Å². The van der Waals surface area contributed by atoms with Crippen molar-refractivity contribution in [2.24, 2.45) is 7.05 Å². The lowest BCUT2D eigenvalue weighted by atomic mass is 10.0. The van der Waals surface area contributed by atoms with E-state index in [0.717, 1.165) is 11.5 Å². The van der Waals surface area contributed by atoms with Crippen molar-refractivity contribution in [2.45, 2.75) is 16.7 Å². The van der Waals surface area contributed by atoms with E-state index in [1.807, 2.05) is 24.3 Å². The fraction of sp³-hybridized carbons (Fsp3) is 0.105. The molecule has 2 heterocycles. The molecule has 0 saturated carbocycles. The highest BCUT2D eigenvalue weighted by Crippen LogP contribution is 2.48. The third kappa shape index (κ3) is 2.18. The topological polar surface area (TPSA) is 13.1 Å². The lowest BCUT2D eigenvalue weighted by Crippen LogP contribution is -2.30. The molecule has 1 aromatic heterocycles. The van der Waals surface area contributed by atoms with E-state index in [1.54, 1.807) is 11.8 Å². The Morgan fingerprint density at radius 1 is 0.909 bits per heavy atom. The predicted octanol–water partition coefficient (Wildman–Crippen LogP) is 4.74. The number of aromatic nitrogens is 1. The maximum Gasteiger partial charge on any atom is 0.212 e. The zero-order valence-corrected chi connectivity index (χ0v) is 13.4. The Kier molecular flexibility index (Phi) is 3.16. The zero-order valence-electron chi connectivity index (χ0n) is 12.5. The molecule has 0 spiro atoms. The second-order valence-corrected chi connectivity index (χ2v) is 6.55. The summed E-state index contributed by atoms with van der Waals surface area (Å²) in [6.07, 6.45) is 2.07. The average Bonchev–Trinajstić information content (AvgIpc) is 2.53. The van der Waals surface area contributed by atoms with Crippen LogP contribution in [-0.2, 0) is 7.05 Å². The number of pyridine rings is 1. The van der Waals surface area contributed by atoms with Crippen LogP contribution in [0, 0.1) is 6.92 Å². The van der Waals surface area contributed by atoms with Gasteiger partial charge in [0.15, 0.2) is 6.20 Å². The van der Waals surface area contributed by atoms with Gasteiger partial charge in [0.1, 0.15) is 18.5 Å². The Morgan fingerprint density at radius 2 is 1.73 bits per heavy atom. The van der Waals surface area contributed by atoms with E-state index in [0.29, 0.717) is 0 Å². The molecule has 1 aliphatic heterocycles. The van der Waals surface area contributed by atoms with Crippen molar-refractivity contribution in [1.29, 1.82) is 0 Å². The molecule has 0 saturated heterocycles. The molecule has 4 rings (SSSR count). The molecule has 108 valence electrons. The van der Waals surface area contributed by atoms with Crippen LogP contribution in [-0.4, -0.2) is 0 Å². The Morgan fingerprint density at radius 3 is 2.59 bits per heavy atom. The predicted molar refractivity (Wildman–Crippen MR) is 88.4 cm³/mol. The van der Waals surface area contributed by atoms with Gasteiger partial charge in [0, 0.05) is 12.1 Å². The minimum Gasteiger partial charge on any atom is -0.455 e. The molecule has 0 aliphatic carbocycles. The summed E-state index contributed by atoms with van der Waals surface area (Å²) in [5, 5.41) is 0. The number of fused-ring (bicyclic) bond motifs is 2. The van der Waals surface area contributed by atoms with Gasteiger partial charge in [0.05, 0.1) is 15.4 Å². The first-order chi connectivity index (χ1) is 10.7. The molecule has 3 heteroatoms. The Hall–Kier alpha value is -2.26. The molecule has 2 nitrogen and oxygen atoms in total. The standard InChI is InChI=1S/C19H16NOS/c1-13-11-19-17(21-16-8-3-4-9-18(16)22-19)12-14(13)15-7-5-6-10-20(15)2/h3-12H,1-2H3/q+1. The van der Waals surface area contributed by atoms with Crippen LogP contribution in [0.1, 0.15) is 5.56 Å². The van der Waals surface area contributed by atoms with Crippen molar-refractivity contribution in [3.8, 4) is 22.8 Å². The summed E-state index contributed by atoms with van der Waals surface area (Å²) in [6.45, 7) is 2.16. The Bertz CT molecular complexity index is 873. The van der Waals surface area contributed by atoms with Crippen LogP contribution in [0.5, 0.6) is 11.5 Å². The van der Waals surface area contributed by atoms with Gasteiger partial charge in [-0.05, 0) is 42.8 Å². The van der Waals surface area contributed by atoms with Gasteiger partial charge in [-0.25, -0.2) is 4.57 Å².